The van der Waals surface area contributed by atoms with Crippen molar-refractivity contribution in [3.8, 4) is 0 Å². The molecule has 1 heterocycles. The molecule has 0 saturated heterocycles. The third-order valence-corrected chi connectivity index (χ3v) is 4.79. The molecule has 0 aliphatic heterocycles. The Kier molecular flexibility index (Phi) is 4.59. The largest absolute Gasteiger partial charge is 0.372 e. The van der Waals surface area contributed by atoms with Gasteiger partial charge < -0.3 is 5.32 Å². The van der Waals surface area contributed by atoms with Gasteiger partial charge >= 0.3 is 0 Å². The van der Waals surface area contributed by atoms with E-state index < -0.39 is 0 Å². The lowest BCUT2D eigenvalue weighted by Gasteiger charge is -2.14. The fourth-order valence-corrected chi connectivity index (χ4v) is 3.43. The van der Waals surface area contributed by atoms with Crippen molar-refractivity contribution in [2.75, 3.05) is 5.32 Å². The highest BCUT2D eigenvalue weighted by atomic mass is 127. The van der Waals surface area contributed by atoms with Crippen LogP contribution < -0.4 is 5.32 Å². The highest BCUT2D eigenvalue weighted by Crippen LogP contribution is 2.32. The van der Waals surface area contributed by atoms with Crippen LogP contribution in [-0.4, -0.2) is 9.91 Å². The molecular formula is C13H14IN3O2S. The Morgan fingerprint density at radius 3 is 2.70 bits per heavy atom. The maximum Gasteiger partial charge on any atom is 0.293 e. The Morgan fingerprint density at radius 2 is 2.15 bits per heavy atom. The number of nitro benzene ring substituents is 1. The highest BCUT2D eigenvalue weighted by Gasteiger charge is 2.18. The molecule has 2 aromatic rings. The van der Waals surface area contributed by atoms with Crippen LogP contribution in [0.1, 0.15) is 28.5 Å². The molecule has 1 aromatic carbocycles. The van der Waals surface area contributed by atoms with Gasteiger partial charge in [0.2, 0.25) is 0 Å². The van der Waals surface area contributed by atoms with Crippen molar-refractivity contribution < 1.29 is 4.92 Å². The average Bonchev–Trinajstić information content (AvgIpc) is 2.70. The van der Waals surface area contributed by atoms with Crippen molar-refractivity contribution >= 4 is 45.3 Å². The SMILES string of the molecule is Cc1nc(C)c(C(C)Nc2ccc(I)cc2[N+](=O)[O-])s1. The zero-order valence-corrected chi connectivity index (χ0v) is 14.3. The number of nitrogens with one attached hydrogen (secondary N) is 1. The van der Waals surface area contributed by atoms with Gasteiger partial charge in [-0.2, -0.15) is 0 Å². The second-order valence-electron chi connectivity index (χ2n) is 4.47. The first kappa shape index (κ1) is 15.2. The number of benzene rings is 1. The van der Waals surface area contributed by atoms with Crippen molar-refractivity contribution in [2.45, 2.75) is 26.8 Å². The third-order valence-electron chi connectivity index (χ3n) is 2.86. The molecule has 0 aliphatic carbocycles. The molecule has 1 atom stereocenters. The number of hydrogen-bond acceptors (Lipinski definition) is 5. The minimum absolute atomic E-state index is 0.0139. The Balaban J connectivity index is 2.30. The van der Waals surface area contributed by atoms with Crippen LogP contribution in [0.4, 0.5) is 11.4 Å². The molecule has 0 bridgehead atoms. The Morgan fingerprint density at radius 1 is 1.45 bits per heavy atom. The summed E-state index contributed by atoms with van der Waals surface area (Å²) in [6.07, 6.45) is 0. The van der Waals surface area contributed by atoms with Crippen LogP contribution in [0, 0.1) is 27.5 Å². The van der Waals surface area contributed by atoms with Crippen LogP contribution in [-0.2, 0) is 0 Å². The summed E-state index contributed by atoms with van der Waals surface area (Å²) >= 11 is 3.68. The fourth-order valence-electron chi connectivity index (χ4n) is 2.03. The predicted molar refractivity (Wildman–Crippen MR) is 89.4 cm³/mol. The minimum Gasteiger partial charge on any atom is -0.372 e. The van der Waals surface area contributed by atoms with Gasteiger partial charge in [0, 0.05) is 14.5 Å². The van der Waals surface area contributed by atoms with E-state index in [9.17, 15) is 10.1 Å². The van der Waals surface area contributed by atoms with Crippen molar-refractivity contribution in [2.24, 2.45) is 0 Å². The van der Waals surface area contributed by atoms with Crippen molar-refractivity contribution in [1.29, 1.82) is 0 Å². The van der Waals surface area contributed by atoms with Gasteiger partial charge in [0.25, 0.3) is 5.69 Å². The van der Waals surface area contributed by atoms with Gasteiger partial charge in [-0.25, -0.2) is 4.98 Å². The Bertz CT molecular complexity index is 657. The molecule has 106 valence electrons. The number of nitro groups is 1. The molecule has 1 unspecified atom stereocenters. The summed E-state index contributed by atoms with van der Waals surface area (Å²) in [6, 6.07) is 5.16. The summed E-state index contributed by atoms with van der Waals surface area (Å²) < 4.78 is 0.845. The first-order valence-electron chi connectivity index (χ1n) is 6.03. The predicted octanol–water partition coefficient (Wildman–Crippen LogP) is 4.45. The normalized spacial score (nSPS) is 12.2. The van der Waals surface area contributed by atoms with Gasteiger partial charge in [-0.15, -0.1) is 11.3 Å². The lowest BCUT2D eigenvalue weighted by atomic mass is 10.2. The molecule has 7 heteroatoms. The second kappa shape index (κ2) is 6.04. The van der Waals surface area contributed by atoms with Crippen molar-refractivity contribution in [3.05, 3.63) is 47.5 Å². The molecule has 0 fully saturated rings. The van der Waals surface area contributed by atoms with E-state index in [2.05, 4.69) is 32.9 Å². The molecule has 0 amide bonds. The first-order chi connectivity index (χ1) is 9.38. The highest BCUT2D eigenvalue weighted by molar-refractivity contribution is 14.1. The molecule has 1 aromatic heterocycles. The average molecular weight is 403 g/mol. The lowest BCUT2D eigenvalue weighted by molar-refractivity contribution is -0.384. The second-order valence-corrected chi connectivity index (χ2v) is 6.95. The van der Waals surface area contributed by atoms with E-state index in [0.717, 1.165) is 19.1 Å². The molecule has 0 spiro atoms. The summed E-state index contributed by atoms with van der Waals surface area (Å²) in [5.41, 5.74) is 1.61. The number of anilines is 1. The zero-order chi connectivity index (χ0) is 14.9. The van der Waals surface area contributed by atoms with Gasteiger partial charge in [-0.05, 0) is 55.5 Å². The van der Waals surface area contributed by atoms with Crippen LogP contribution in [0.3, 0.4) is 0 Å². The van der Waals surface area contributed by atoms with E-state index in [1.165, 1.54) is 0 Å². The summed E-state index contributed by atoms with van der Waals surface area (Å²) in [5.74, 6) is 0. The number of hydrogen-bond donors (Lipinski definition) is 1. The number of aromatic nitrogens is 1. The van der Waals surface area contributed by atoms with E-state index >= 15 is 0 Å². The van der Waals surface area contributed by atoms with Gasteiger partial charge in [0.05, 0.1) is 21.7 Å². The van der Waals surface area contributed by atoms with Gasteiger partial charge in [0.1, 0.15) is 5.69 Å². The first-order valence-corrected chi connectivity index (χ1v) is 7.92. The summed E-state index contributed by atoms with van der Waals surface area (Å²) in [6.45, 7) is 5.90. The zero-order valence-electron chi connectivity index (χ0n) is 11.3. The summed E-state index contributed by atoms with van der Waals surface area (Å²) in [5, 5.41) is 15.3. The number of halogens is 1. The van der Waals surface area contributed by atoms with E-state index in [1.807, 2.05) is 26.8 Å². The third kappa shape index (κ3) is 3.26. The van der Waals surface area contributed by atoms with E-state index in [0.29, 0.717) is 5.69 Å². The summed E-state index contributed by atoms with van der Waals surface area (Å²) in [7, 11) is 0. The molecule has 1 N–H and O–H groups in total. The van der Waals surface area contributed by atoms with E-state index in [1.54, 1.807) is 23.5 Å². The number of thiazole rings is 1. The molecule has 5 nitrogen and oxygen atoms in total. The molecule has 2 rings (SSSR count). The topological polar surface area (TPSA) is 68.1 Å². The maximum absolute atomic E-state index is 11.1. The minimum atomic E-state index is -0.359. The van der Waals surface area contributed by atoms with Crippen LogP contribution in [0.15, 0.2) is 18.2 Å². The van der Waals surface area contributed by atoms with Crippen LogP contribution in [0.5, 0.6) is 0 Å². The Labute approximate surface area is 134 Å². The monoisotopic (exact) mass is 403 g/mol. The molecule has 0 radical (unpaired) electrons. The van der Waals surface area contributed by atoms with Gasteiger partial charge in [-0.1, -0.05) is 0 Å². The van der Waals surface area contributed by atoms with Gasteiger partial charge in [-0.3, -0.25) is 10.1 Å². The van der Waals surface area contributed by atoms with E-state index in [-0.39, 0.29) is 16.7 Å². The maximum atomic E-state index is 11.1. The number of rotatable bonds is 4. The standard InChI is InChI=1S/C13H14IN3O2S/c1-7-13(20-9(3)15-7)8(2)16-11-5-4-10(14)6-12(11)17(18)19/h4-6,8,16H,1-3H3. The summed E-state index contributed by atoms with van der Waals surface area (Å²) in [4.78, 5) is 16.3. The van der Waals surface area contributed by atoms with Crippen LogP contribution in [0.25, 0.3) is 0 Å². The van der Waals surface area contributed by atoms with E-state index in [4.69, 9.17) is 0 Å². The smallest absolute Gasteiger partial charge is 0.293 e. The molecule has 0 saturated carbocycles. The Hall–Kier alpha value is -1.22. The lowest BCUT2D eigenvalue weighted by Crippen LogP contribution is -2.08. The van der Waals surface area contributed by atoms with Gasteiger partial charge in [0.15, 0.2) is 0 Å². The number of nitrogens with zero attached hydrogens (tertiary/aromatic N) is 2. The molecular weight excluding hydrogens is 389 g/mol. The number of aryl methyl sites for hydroxylation is 2. The van der Waals surface area contributed by atoms with Crippen molar-refractivity contribution in [1.82, 2.24) is 4.98 Å². The van der Waals surface area contributed by atoms with Crippen LogP contribution >= 0.6 is 33.9 Å². The fraction of sp³-hybridized carbons (Fsp3) is 0.308. The quantitative estimate of drug-likeness (QED) is 0.466. The molecule has 0 aliphatic rings. The molecule has 20 heavy (non-hydrogen) atoms. The van der Waals surface area contributed by atoms with Crippen molar-refractivity contribution in [3.63, 3.8) is 0 Å². The van der Waals surface area contributed by atoms with Crippen LogP contribution in [0.2, 0.25) is 0 Å².